The van der Waals surface area contributed by atoms with Crippen LogP contribution in [0.5, 0.6) is 5.75 Å². The van der Waals surface area contributed by atoms with E-state index in [0.717, 1.165) is 37.4 Å². The van der Waals surface area contributed by atoms with Gasteiger partial charge in [-0.05, 0) is 42.5 Å². The number of amides is 1. The number of fused-ring (bicyclic) bond motifs is 2. The van der Waals surface area contributed by atoms with Crippen LogP contribution in [0.1, 0.15) is 29.8 Å². The van der Waals surface area contributed by atoms with Gasteiger partial charge in [-0.1, -0.05) is 6.07 Å². The van der Waals surface area contributed by atoms with E-state index in [2.05, 4.69) is 22.3 Å². The van der Waals surface area contributed by atoms with Gasteiger partial charge in [0.2, 0.25) is 5.91 Å². The molecule has 3 heterocycles. The van der Waals surface area contributed by atoms with Gasteiger partial charge in [-0.2, -0.15) is 5.10 Å². The van der Waals surface area contributed by atoms with Crippen LogP contribution >= 0.6 is 0 Å². The Balaban J connectivity index is 1.52. The van der Waals surface area contributed by atoms with Crippen LogP contribution in [0.15, 0.2) is 23.0 Å². The number of rotatable bonds is 2. The molecule has 0 fully saturated rings. The van der Waals surface area contributed by atoms with Crippen LogP contribution < -0.4 is 10.4 Å². The van der Waals surface area contributed by atoms with Crippen LogP contribution in [0.3, 0.4) is 0 Å². The molecule has 4 rings (SSSR count). The van der Waals surface area contributed by atoms with Crippen LogP contribution in [-0.4, -0.2) is 39.2 Å². The summed E-state index contributed by atoms with van der Waals surface area (Å²) < 4.78 is 6.91. The summed E-state index contributed by atoms with van der Waals surface area (Å²) in [5.41, 5.74) is 2.22. The number of methoxy groups -OCH3 is 1. The van der Waals surface area contributed by atoms with Crippen molar-refractivity contribution >= 4 is 5.91 Å². The van der Waals surface area contributed by atoms with E-state index in [-0.39, 0.29) is 17.5 Å². The van der Waals surface area contributed by atoms with Gasteiger partial charge in [0.1, 0.15) is 11.6 Å². The third kappa shape index (κ3) is 2.94. The van der Waals surface area contributed by atoms with Gasteiger partial charge in [-0.15, -0.1) is 0 Å². The molecule has 25 heavy (non-hydrogen) atoms. The van der Waals surface area contributed by atoms with Crippen molar-refractivity contribution in [3.8, 4) is 5.75 Å². The molecule has 2 aliphatic heterocycles. The summed E-state index contributed by atoms with van der Waals surface area (Å²) in [7, 11) is 1.67. The fraction of sp³-hybridized carbons (Fsp3) is 0.500. The number of benzene rings is 1. The van der Waals surface area contributed by atoms with Crippen molar-refractivity contribution in [3.63, 3.8) is 0 Å². The first-order valence-electron chi connectivity index (χ1n) is 8.74. The quantitative estimate of drug-likeness (QED) is 0.887. The SMILES string of the molecule is COc1ccc2c(c1)CCCN(C(=O)C1CCc3n[nH]c(=O)n3C1)C2. The maximum absolute atomic E-state index is 13.0. The van der Waals surface area contributed by atoms with Gasteiger partial charge >= 0.3 is 5.69 Å². The molecule has 2 aromatic rings. The molecule has 1 amide bonds. The molecule has 1 aromatic carbocycles. The van der Waals surface area contributed by atoms with E-state index in [0.29, 0.717) is 19.5 Å². The summed E-state index contributed by atoms with van der Waals surface area (Å²) in [4.78, 5) is 26.8. The molecule has 0 aliphatic carbocycles. The standard InChI is InChI=1S/C18H22N4O3/c1-25-15-6-4-13-10-21(8-2-3-12(13)9-15)17(23)14-5-7-16-19-20-18(24)22(16)11-14/h4,6,9,14H,2-3,5,7-8,10-11H2,1H3,(H,20,24). The van der Waals surface area contributed by atoms with Crippen molar-refractivity contribution in [2.45, 2.75) is 38.8 Å². The van der Waals surface area contributed by atoms with Gasteiger partial charge in [0.25, 0.3) is 0 Å². The number of nitrogens with one attached hydrogen (secondary N) is 1. The van der Waals surface area contributed by atoms with Crippen molar-refractivity contribution in [2.75, 3.05) is 13.7 Å². The Bertz CT molecular complexity index is 854. The molecule has 0 saturated carbocycles. The average molecular weight is 342 g/mol. The number of hydrogen-bond acceptors (Lipinski definition) is 4. The number of carbonyl (C=O) groups is 1. The first-order chi connectivity index (χ1) is 12.2. The molecule has 1 aromatic heterocycles. The van der Waals surface area contributed by atoms with Gasteiger partial charge in [0.15, 0.2) is 0 Å². The lowest BCUT2D eigenvalue weighted by molar-refractivity contribution is -0.137. The predicted molar refractivity (Wildman–Crippen MR) is 91.4 cm³/mol. The molecule has 0 radical (unpaired) electrons. The van der Waals surface area contributed by atoms with Crippen molar-refractivity contribution in [3.05, 3.63) is 45.6 Å². The molecule has 1 N–H and O–H groups in total. The lowest BCUT2D eigenvalue weighted by atomic mass is 9.97. The third-order valence-corrected chi connectivity index (χ3v) is 5.27. The maximum atomic E-state index is 13.0. The van der Waals surface area contributed by atoms with Crippen molar-refractivity contribution in [1.82, 2.24) is 19.7 Å². The molecule has 7 heteroatoms. The van der Waals surface area contributed by atoms with Gasteiger partial charge in [-0.25, -0.2) is 9.89 Å². The minimum Gasteiger partial charge on any atom is -0.497 e. The highest BCUT2D eigenvalue weighted by molar-refractivity contribution is 5.79. The highest BCUT2D eigenvalue weighted by Gasteiger charge is 2.31. The Morgan fingerprint density at radius 2 is 2.20 bits per heavy atom. The fourth-order valence-corrected chi connectivity index (χ4v) is 3.85. The second-order valence-corrected chi connectivity index (χ2v) is 6.79. The second-order valence-electron chi connectivity index (χ2n) is 6.79. The molecule has 132 valence electrons. The van der Waals surface area contributed by atoms with Crippen LogP contribution in [0, 0.1) is 5.92 Å². The largest absolute Gasteiger partial charge is 0.497 e. The van der Waals surface area contributed by atoms with E-state index >= 15 is 0 Å². The monoisotopic (exact) mass is 342 g/mol. The predicted octanol–water partition coefficient (Wildman–Crippen LogP) is 1.12. The number of carbonyl (C=O) groups excluding carboxylic acids is 1. The van der Waals surface area contributed by atoms with Crippen LogP contribution in [0.25, 0.3) is 0 Å². The van der Waals surface area contributed by atoms with Gasteiger partial charge in [0.05, 0.1) is 13.0 Å². The number of aromatic amines is 1. The lowest BCUT2D eigenvalue weighted by Gasteiger charge is -2.28. The first kappa shape index (κ1) is 15.9. The lowest BCUT2D eigenvalue weighted by Crippen LogP contribution is -2.41. The minimum atomic E-state index is -0.221. The molecular weight excluding hydrogens is 320 g/mol. The molecule has 0 spiro atoms. The summed E-state index contributed by atoms with van der Waals surface area (Å²) in [6.45, 7) is 1.80. The zero-order valence-electron chi connectivity index (χ0n) is 14.3. The third-order valence-electron chi connectivity index (χ3n) is 5.27. The van der Waals surface area contributed by atoms with E-state index in [1.54, 1.807) is 11.7 Å². The van der Waals surface area contributed by atoms with E-state index in [9.17, 15) is 9.59 Å². The van der Waals surface area contributed by atoms with Gasteiger partial charge in [-0.3, -0.25) is 9.36 Å². The van der Waals surface area contributed by atoms with Crippen LogP contribution in [0.2, 0.25) is 0 Å². The van der Waals surface area contributed by atoms with E-state index in [4.69, 9.17) is 4.74 Å². The fourth-order valence-electron chi connectivity index (χ4n) is 3.85. The Labute approximate surface area is 145 Å². The average Bonchev–Trinajstić information content (AvgIpc) is 2.88. The van der Waals surface area contributed by atoms with Crippen molar-refractivity contribution in [1.29, 1.82) is 0 Å². The summed E-state index contributed by atoms with van der Waals surface area (Å²) in [6.07, 6.45) is 3.30. The van der Waals surface area contributed by atoms with E-state index in [1.807, 2.05) is 11.0 Å². The molecule has 1 atom stereocenters. The highest BCUT2D eigenvalue weighted by Crippen LogP contribution is 2.26. The Kier molecular flexibility index (Phi) is 4.07. The van der Waals surface area contributed by atoms with Gasteiger partial charge in [0, 0.05) is 26.1 Å². The number of H-pyrrole nitrogens is 1. The maximum Gasteiger partial charge on any atom is 0.343 e. The Morgan fingerprint density at radius 3 is 3.04 bits per heavy atom. The highest BCUT2D eigenvalue weighted by atomic mass is 16.5. The van der Waals surface area contributed by atoms with Crippen LogP contribution in [0.4, 0.5) is 0 Å². The number of aromatic nitrogens is 3. The van der Waals surface area contributed by atoms with E-state index < -0.39 is 0 Å². The topological polar surface area (TPSA) is 80.2 Å². The number of ether oxygens (including phenoxy) is 1. The number of hydrogen-bond donors (Lipinski definition) is 1. The molecule has 0 saturated heterocycles. The van der Waals surface area contributed by atoms with Gasteiger partial charge < -0.3 is 9.64 Å². The van der Waals surface area contributed by atoms with E-state index in [1.165, 1.54) is 11.1 Å². The molecular formula is C18H22N4O3. The first-order valence-corrected chi connectivity index (χ1v) is 8.74. The molecule has 0 bridgehead atoms. The normalized spacial score (nSPS) is 19.7. The number of nitrogens with zero attached hydrogens (tertiary/aromatic N) is 3. The van der Waals surface area contributed by atoms with Crippen LogP contribution in [-0.2, 0) is 30.7 Å². The summed E-state index contributed by atoms with van der Waals surface area (Å²) in [5.74, 6) is 1.60. The smallest absolute Gasteiger partial charge is 0.343 e. The second kappa shape index (κ2) is 6.38. The van der Waals surface area contributed by atoms with Crippen molar-refractivity contribution < 1.29 is 9.53 Å². The minimum absolute atomic E-state index is 0.141. The number of aryl methyl sites for hydroxylation is 2. The molecule has 7 nitrogen and oxygen atoms in total. The molecule has 2 aliphatic rings. The summed E-state index contributed by atoms with van der Waals surface area (Å²) in [6, 6.07) is 6.07. The zero-order valence-corrected chi connectivity index (χ0v) is 14.3. The Morgan fingerprint density at radius 1 is 1.32 bits per heavy atom. The summed E-state index contributed by atoms with van der Waals surface area (Å²) >= 11 is 0. The van der Waals surface area contributed by atoms with Crippen molar-refractivity contribution in [2.24, 2.45) is 5.92 Å². The molecule has 1 unspecified atom stereocenters. The zero-order chi connectivity index (χ0) is 17.4. The Hall–Kier alpha value is -2.57. The summed E-state index contributed by atoms with van der Waals surface area (Å²) in [5, 5.41) is 6.48.